The van der Waals surface area contributed by atoms with Crippen molar-refractivity contribution >= 4 is 5.97 Å². The van der Waals surface area contributed by atoms with Crippen LogP contribution in [0.2, 0.25) is 0 Å². The van der Waals surface area contributed by atoms with Gasteiger partial charge in [0.25, 0.3) is 0 Å². The summed E-state index contributed by atoms with van der Waals surface area (Å²) in [5.41, 5.74) is 0. The first kappa shape index (κ1) is 13.4. The summed E-state index contributed by atoms with van der Waals surface area (Å²) in [6.07, 6.45) is 6.36. The highest BCUT2D eigenvalue weighted by molar-refractivity contribution is 5.69. The third kappa shape index (κ3) is 6.89. The van der Waals surface area contributed by atoms with Crippen molar-refractivity contribution in [2.75, 3.05) is 6.61 Å². The van der Waals surface area contributed by atoms with Gasteiger partial charge in [-0.25, -0.2) is 0 Å². The third-order valence-corrected chi connectivity index (χ3v) is 2.45. The van der Waals surface area contributed by atoms with E-state index in [1.54, 1.807) is 0 Å². The summed E-state index contributed by atoms with van der Waals surface area (Å²) in [6, 6.07) is 0. The molecule has 0 saturated heterocycles. The highest BCUT2D eigenvalue weighted by Crippen LogP contribution is 2.16. The number of rotatable bonds is 9. The lowest BCUT2D eigenvalue weighted by Crippen LogP contribution is -2.13. The lowest BCUT2D eigenvalue weighted by atomic mass is 9.96. The predicted molar refractivity (Wildman–Crippen MR) is 56.2 cm³/mol. The first-order chi connectivity index (χ1) is 6.72. The maximum atomic E-state index is 10.8. The van der Waals surface area contributed by atoms with Crippen LogP contribution in [0.5, 0.6) is 0 Å². The Hall–Kier alpha value is -0.570. The van der Waals surface area contributed by atoms with E-state index in [0.29, 0.717) is 0 Å². The number of carboxylic acids is 1. The molecule has 0 aromatic heterocycles. The van der Waals surface area contributed by atoms with Crippen LogP contribution in [0.4, 0.5) is 0 Å². The van der Waals surface area contributed by atoms with Gasteiger partial charge >= 0.3 is 5.97 Å². The molecule has 0 heterocycles. The van der Waals surface area contributed by atoms with E-state index in [1.165, 1.54) is 0 Å². The van der Waals surface area contributed by atoms with Gasteiger partial charge in [-0.15, -0.1) is 0 Å². The average molecular weight is 202 g/mol. The summed E-state index contributed by atoms with van der Waals surface area (Å²) in [6.45, 7) is 2.26. The first-order valence-electron chi connectivity index (χ1n) is 5.56. The minimum absolute atomic E-state index is 0.158. The number of aliphatic hydroxyl groups is 1. The standard InChI is InChI=1S/C11H22O3/c1-2-7-10(11(13)14)8-5-3-4-6-9-12/h10,12H,2-9H2,1H3,(H,13,14). The van der Waals surface area contributed by atoms with Gasteiger partial charge in [-0.1, -0.05) is 32.6 Å². The van der Waals surface area contributed by atoms with E-state index in [2.05, 4.69) is 0 Å². The molecule has 3 heteroatoms. The summed E-state index contributed by atoms with van der Waals surface area (Å²) in [5, 5.41) is 17.4. The number of hydrogen-bond donors (Lipinski definition) is 2. The second-order valence-corrected chi connectivity index (χ2v) is 3.75. The van der Waals surface area contributed by atoms with E-state index in [9.17, 15) is 4.79 Å². The lowest BCUT2D eigenvalue weighted by molar-refractivity contribution is -0.142. The largest absolute Gasteiger partial charge is 0.481 e. The van der Waals surface area contributed by atoms with Crippen LogP contribution < -0.4 is 0 Å². The van der Waals surface area contributed by atoms with Gasteiger partial charge in [0.2, 0.25) is 0 Å². The average Bonchev–Trinajstić information content (AvgIpc) is 2.15. The molecule has 0 rings (SSSR count). The van der Waals surface area contributed by atoms with Crippen molar-refractivity contribution in [3.8, 4) is 0 Å². The minimum atomic E-state index is -0.658. The normalized spacial score (nSPS) is 12.7. The fourth-order valence-electron chi connectivity index (χ4n) is 1.60. The molecular formula is C11H22O3. The quantitative estimate of drug-likeness (QED) is 0.564. The summed E-state index contributed by atoms with van der Waals surface area (Å²) in [7, 11) is 0. The van der Waals surface area contributed by atoms with Crippen LogP contribution in [-0.4, -0.2) is 22.8 Å². The van der Waals surface area contributed by atoms with Crippen molar-refractivity contribution in [2.24, 2.45) is 5.92 Å². The van der Waals surface area contributed by atoms with Gasteiger partial charge in [0.05, 0.1) is 5.92 Å². The van der Waals surface area contributed by atoms with Gasteiger partial charge in [0, 0.05) is 6.61 Å². The molecule has 0 aromatic rings. The van der Waals surface area contributed by atoms with Crippen LogP contribution in [0.1, 0.15) is 51.9 Å². The van der Waals surface area contributed by atoms with Crippen LogP contribution in [0.25, 0.3) is 0 Å². The van der Waals surface area contributed by atoms with Crippen LogP contribution in [0.3, 0.4) is 0 Å². The van der Waals surface area contributed by atoms with Crippen LogP contribution in [-0.2, 0) is 4.79 Å². The van der Waals surface area contributed by atoms with E-state index >= 15 is 0 Å². The number of carboxylic acid groups (broad SMARTS) is 1. The zero-order valence-corrected chi connectivity index (χ0v) is 9.04. The molecule has 2 N–H and O–H groups in total. The van der Waals surface area contributed by atoms with Crippen molar-refractivity contribution in [1.29, 1.82) is 0 Å². The fraction of sp³-hybridized carbons (Fsp3) is 0.909. The zero-order valence-electron chi connectivity index (χ0n) is 9.04. The molecule has 0 fully saturated rings. The lowest BCUT2D eigenvalue weighted by Gasteiger charge is -2.10. The van der Waals surface area contributed by atoms with Crippen LogP contribution in [0, 0.1) is 5.92 Å². The van der Waals surface area contributed by atoms with E-state index in [-0.39, 0.29) is 12.5 Å². The molecule has 0 aliphatic carbocycles. The van der Waals surface area contributed by atoms with Crippen LogP contribution in [0.15, 0.2) is 0 Å². The number of hydrogen-bond acceptors (Lipinski definition) is 2. The van der Waals surface area contributed by atoms with E-state index in [0.717, 1.165) is 44.9 Å². The molecular weight excluding hydrogens is 180 g/mol. The Morgan fingerprint density at radius 2 is 1.79 bits per heavy atom. The molecule has 0 saturated carbocycles. The molecule has 3 nitrogen and oxygen atoms in total. The van der Waals surface area contributed by atoms with E-state index in [4.69, 9.17) is 10.2 Å². The van der Waals surface area contributed by atoms with Crippen molar-refractivity contribution in [2.45, 2.75) is 51.9 Å². The Bertz CT molecular complexity index is 145. The molecule has 0 amide bonds. The Morgan fingerprint density at radius 1 is 1.14 bits per heavy atom. The molecule has 1 unspecified atom stereocenters. The topological polar surface area (TPSA) is 57.5 Å². The summed E-state index contributed by atoms with van der Waals surface area (Å²) in [4.78, 5) is 10.8. The number of aliphatic carboxylic acids is 1. The van der Waals surface area contributed by atoms with Crippen molar-refractivity contribution in [3.05, 3.63) is 0 Å². The SMILES string of the molecule is CCCC(CCCCCCO)C(=O)O. The second kappa shape index (κ2) is 9.00. The van der Waals surface area contributed by atoms with Crippen molar-refractivity contribution in [1.82, 2.24) is 0 Å². The molecule has 0 bridgehead atoms. The molecule has 0 aliphatic rings. The predicted octanol–water partition coefficient (Wildman–Crippen LogP) is 2.43. The zero-order chi connectivity index (χ0) is 10.8. The Kier molecular flexibility index (Phi) is 8.64. The molecule has 0 radical (unpaired) electrons. The molecule has 1 atom stereocenters. The Morgan fingerprint density at radius 3 is 2.29 bits per heavy atom. The number of aliphatic hydroxyl groups excluding tert-OH is 1. The fourth-order valence-corrected chi connectivity index (χ4v) is 1.60. The smallest absolute Gasteiger partial charge is 0.306 e. The molecule has 14 heavy (non-hydrogen) atoms. The minimum Gasteiger partial charge on any atom is -0.481 e. The third-order valence-electron chi connectivity index (χ3n) is 2.45. The van der Waals surface area contributed by atoms with Crippen molar-refractivity contribution < 1.29 is 15.0 Å². The second-order valence-electron chi connectivity index (χ2n) is 3.75. The summed E-state index contributed by atoms with van der Waals surface area (Å²) in [5.74, 6) is -0.817. The van der Waals surface area contributed by atoms with E-state index < -0.39 is 5.97 Å². The van der Waals surface area contributed by atoms with Gasteiger partial charge in [-0.3, -0.25) is 4.79 Å². The maximum absolute atomic E-state index is 10.8. The monoisotopic (exact) mass is 202 g/mol. The van der Waals surface area contributed by atoms with Gasteiger partial charge in [0.15, 0.2) is 0 Å². The van der Waals surface area contributed by atoms with Gasteiger partial charge < -0.3 is 10.2 Å². The van der Waals surface area contributed by atoms with Gasteiger partial charge in [-0.05, 0) is 19.3 Å². The number of carbonyl (C=O) groups is 1. The van der Waals surface area contributed by atoms with E-state index in [1.807, 2.05) is 6.92 Å². The maximum Gasteiger partial charge on any atom is 0.306 e. The first-order valence-corrected chi connectivity index (χ1v) is 5.56. The van der Waals surface area contributed by atoms with Crippen LogP contribution >= 0.6 is 0 Å². The number of unbranched alkanes of at least 4 members (excludes halogenated alkanes) is 3. The highest BCUT2D eigenvalue weighted by Gasteiger charge is 2.14. The molecule has 0 aromatic carbocycles. The molecule has 0 spiro atoms. The van der Waals surface area contributed by atoms with Gasteiger partial charge in [0.1, 0.15) is 0 Å². The summed E-state index contributed by atoms with van der Waals surface area (Å²) < 4.78 is 0. The molecule has 0 aliphatic heterocycles. The van der Waals surface area contributed by atoms with Crippen molar-refractivity contribution in [3.63, 3.8) is 0 Å². The Balaban J connectivity index is 3.46. The molecule has 84 valence electrons. The summed E-state index contributed by atoms with van der Waals surface area (Å²) >= 11 is 0. The van der Waals surface area contributed by atoms with Gasteiger partial charge in [-0.2, -0.15) is 0 Å². The highest BCUT2D eigenvalue weighted by atomic mass is 16.4. The Labute approximate surface area is 86.1 Å².